The summed E-state index contributed by atoms with van der Waals surface area (Å²) in [6.07, 6.45) is 3.96. The summed E-state index contributed by atoms with van der Waals surface area (Å²) in [5.41, 5.74) is 0. The Hall–Kier alpha value is -1.72. The lowest BCUT2D eigenvalue weighted by atomic mass is 10.7. The highest BCUT2D eigenvalue weighted by Crippen LogP contribution is 2.38. The van der Waals surface area contributed by atoms with Crippen LogP contribution in [-0.2, 0) is 0 Å². The zero-order valence-electron chi connectivity index (χ0n) is 10.4. The number of hydrogen-bond donors (Lipinski definition) is 1. The van der Waals surface area contributed by atoms with Crippen molar-refractivity contribution in [2.45, 2.75) is 28.2 Å². The van der Waals surface area contributed by atoms with Gasteiger partial charge in [0.15, 0.2) is 4.34 Å². The summed E-state index contributed by atoms with van der Waals surface area (Å²) in [6.45, 7) is 0. The van der Waals surface area contributed by atoms with E-state index in [1.165, 1.54) is 38.8 Å². The SMILES string of the molecule is O=[N+]([O-])c1c(Sc2nnc(NC3CC3)s2)nc2sccn12. The van der Waals surface area contributed by atoms with Gasteiger partial charge >= 0.3 is 5.82 Å². The van der Waals surface area contributed by atoms with Crippen LogP contribution in [0.5, 0.6) is 0 Å². The number of nitro groups is 1. The highest BCUT2D eigenvalue weighted by molar-refractivity contribution is 8.01. The van der Waals surface area contributed by atoms with Crippen molar-refractivity contribution in [2.75, 3.05) is 5.32 Å². The van der Waals surface area contributed by atoms with Gasteiger partial charge in [0.05, 0.1) is 0 Å². The first-order chi connectivity index (χ1) is 10.2. The average molecular weight is 340 g/mol. The number of nitrogens with zero attached hydrogens (tertiary/aromatic N) is 5. The molecule has 0 spiro atoms. The van der Waals surface area contributed by atoms with Crippen molar-refractivity contribution in [3.05, 3.63) is 21.7 Å². The first kappa shape index (κ1) is 13.0. The average Bonchev–Trinajstić information content (AvgIpc) is 2.83. The number of hydrogen-bond acceptors (Lipinski definition) is 9. The molecule has 4 rings (SSSR count). The van der Waals surface area contributed by atoms with E-state index in [9.17, 15) is 10.1 Å². The number of imidazole rings is 1. The van der Waals surface area contributed by atoms with Crippen molar-refractivity contribution < 1.29 is 4.92 Å². The van der Waals surface area contributed by atoms with Crippen LogP contribution in [0.4, 0.5) is 10.9 Å². The minimum absolute atomic E-state index is 0.0249. The fourth-order valence-corrected chi connectivity index (χ4v) is 4.39. The van der Waals surface area contributed by atoms with E-state index in [0.717, 1.165) is 18.0 Å². The van der Waals surface area contributed by atoms with E-state index in [0.29, 0.717) is 20.4 Å². The van der Waals surface area contributed by atoms with Gasteiger partial charge in [-0.1, -0.05) is 22.7 Å². The maximum absolute atomic E-state index is 11.2. The van der Waals surface area contributed by atoms with Crippen molar-refractivity contribution >= 4 is 50.3 Å². The number of aromatic nitrogens is 4. The Labute approximate surface area is 130 Å². The van der Waals surface area contributed by atoms with Crippen LogP contribution in [0.15, 0.2) is 20.9 Å². The van der Waals surface area contributed by atoms with Gasteiger partial charge in [0.1, 0.15) is 6.20 Å². The van der Waals surface area contributed by atoms with Gasteiger partial charge in [-0.15, -0.1) is 10.2 Å². The topological polar surface area (TPSA) is 98.2 Å². The molecule has 3 aromatic rings. The third kappa shape index (κ3) is 2.47. The molecule has 108 valence electrons. The lowest BCUT2D eigenvalue weighted by Gasteiger charge is -1.95. The van der Waals surface area contributed by atoms with Crippen LogP contribution in [0.3, 0.4) is 0 Å². The van der Waals surface area contributed by atoms with Crippen LogP contribution in [0, 0.1) is 10.1 Å². The van der Waals surface area contributed by atoms with E-state index in [1.54, 1.807) is 11.6 Å². The molecule has 0 aromatic carbocycles. The molecule has 8 nitrogen and oxygen atoms in total. The molecule has 0 amide bonds. The van der Waals surface area contributed by atoms with Crippen molar-refractivity contribution in [3.8, 4) is 0 Å². The monoisotopic (exact) mass is 340 g/mol. The van der Waals surface area contributed by atoms with Crippen LogP contribution in [-0.4, -0.2) is 30.5 Å². The standard InChI is InChI=1S/C10H8N6O2S3/c17-16(18)7-6(12-9-15(7)3-4-19-9)20-10-14-13-8(21-10)11-5-1-2-5/h3-5H,1-2H2,(H,11,13). The molecule has 1 fully saturated rings. The molecule has 0 saturated heterocycles. The smallest absolute Gasteiger partial charge is 0.358 e. The predicted molar refractivity (Wildman–Crippen MR) is 80.4 cm³/mol. The number of thiazole rings is 1. The Morgan fingerprint density at radius 2 is 2.33 bits per heavy atom. The van der Waals surface area contributed by atoms with Crippen LogP contribution in [0.1, 0.15) is 12.8 Å². The van der Waals surface area contributed by atoms with E-state index in [-0.39, 0.29) is 5.82 Å². The normalized spacial score (nSPS) is 14.7. The van der Waals surface area contributed by atoms with Gasteiger partial charge < -0.3 is 15.4 Å². The zero-order valence-corrected chi connectivity index (χ0v) is 12.9. The second-order valence-electron chi connectivity index (χ2n) is 4.45. The Morgan fingerprint density at radius 1 is 1.48 bits per heavy atom. The second kappa shape index (κ2) is 4.93. The summed E-state index contributed by atoms with van der Waals surface area (Å²) in [7, 11) is 0. The molecule has 0 bridgehead atoms. The Bertz CT molecular complexity index is 820. The van der Waals surface area contributed by atoms with Crippen LogP contribution >= 0.6 is 34.4 Å². The lowest BCUT2D eigenvalue weighted by Crippen LogP contribution is -1.99. The molecular formula is C10H8N6O2S3. The minimum Gasteiger partial charge on any atom is -0.358 e. The Kier molecular flexibility index (Phi) is 3.05. The van der Waals surface area contributed by atoms with Crippen molar-refractivity contribution in [1.29, 1.82) is 0 Å². The fourth-order valence-electron chi connectivity index (χ4n) is 1.78. The quantitative estimate of drug-likeness (QED) is 0.563. The van der Waals surface area contributed by atoms with Crippen LogP contribution in [0.2, 0.25) is 0 Å². The van der Waals surface area contributed by atoms with Gasteiger partial charge in [-0.3, -0.25) is 0 Å². The second-order valence-corrected chi connectivity index (χ2v) is 7.53. The van der Waals surface area contributed by atoms with Gasteiger partial charge in [0.25, 0.3) is 4.96 Å². The molecule has 1 saturated carbocycles. The molecule has 0 unspecified atom stereocenters. The lowest BCUT2D eigenvalue weighted by molar-refractivity contribution is -0.393. The first-order valence-electron chi connectivity index (χ1n) is 6.08. The highest BCUT2D eigenvalue weighted by atomic mass is 32.2. The summed E-state index contributed by atoms with van der Waals surface area (Å²) in [6, 6.07) is 0.503. The largest absolute Gasteiger partial charge is 0.363 e. The summed E-state index contributed by atoms with van der Waals surface area (Å²) >= 11 is 3.93. The van der Waals surface area contributed by atoms with Crippen LogP contribution in [0.25, 0.3) is 4.96 Å². The molecule has 0 atom stereocenters. The van der Waals surface area contributed by atoms with E-state index in [1.807, 2.05) is 0 Å². The zero-order chi connectivity index (χ0) is 14.4. The molecule has 3 aromatic heterocycles. The summed E-state index contributed by atoms with van der Waals surface area (Å²) < 4.78 is 2.13. The Balaban J connectivity index is 1.63. The molecule has 1 N–H and O–H groups in total. The molecule has 3 heterocycles. The van der Waals surface area contributed by atoms with Crippen molar-refractivity contribution in [3.63, 3.8) is 0 Å². The summed E-state index contributed by atoms with van der Waals surface area (Å²) in [5, 5.41) is 25.5. The van der Waals surface area contributed by atoms with E-state index >= 15 is 0 Å². The third-order valence-electron chi connectivity index (χ3n) is 2.87. The number of rotatable bonds is 5. The Morgan fingerprint density at radius 3 is 3.10 bits per heavy atom. The number of nitrogens with one attached hydrogen (secondary N) is 1. The fraction of sp³-hybridized carbons (Fsp3) is 0.300. The molecular weight excluding hydrogens is 332 g/mol. The van der Waals surface area contributed by atoms with E-state index in [2.05, 4.69) is 20.5 Å². The van der Waals surface area contributed by atoms with Gasteiger partial charge in [-0.25, -0.2) is 0 Å². The number of anilines is 1. The van der Waals surface area contributed by atoms with Gasteiger partial charge in [-0.2, -0.15) is 9.38 Å². The molecule has 1 aliphatic rings. The molecule has 0 aliphatic heterocycles. The van der Waals surface area contributed by atoms with Crippen molar-refractivity contribution in [2.24, 2.45) is 0 Å². The first-order valence-corrected chi connectivity index (χ1v) is 8.60. The molecule has 11 heteroatoms. The molecule has 1 aliphatic carbocycles. The van der Waals surface area contributed by atoms with E-state index < -0.39 is 4.92 Å². The van der Waals surface area contributed by atoms with Crippen LogP contribution < -0.4 is 5.32 Å². The van der Waals surface area contributed by atoms with Crippen molar-refractivity contribution in [1.82, 2.24) is 19.6 Å². The predicted octanol–water partition coefficient (Wildman–Crippen LogP) is 2.88. The minimum atomic E-state index is -0.417. The van der Waals surface area contributed by atoms with Gasteiger partial charge in [0, 0.05) is 11.4 Å². The molecule has 0 radical (unpaired) electrons. The maximum atomic E-state index is 11.2. The number of fused-ring (bicyclic) bond motifs is 1. The van der Waals surface area contributed by atoms with Gasteiger partial charge in [-0.05, 0) is 29.5 Å². The maximum Gasteiger partial charge on any atom is 0.363 e. The third-order valence-corrected chi connectivity index (χ3v) is 5.50. The highest BCUT2D eigenvalue weighted by Gasteiger charge is 2.26. The van der Waals surface area contributed by atoms with E-state index in [4.69, 9.17) is 0 Å². The summed E-state index contributed by atoms with van der Waals surface area (Å²) in [4.78, 5) is 15.7. The van der Waals surface area contributed by atoms with Gasteiger partial charge in [0.2, 0.25) is 10.2 Å². The summed E-state index contributed by atoms with van der Waals surface area (Å²) in [5.74, 6) is -0.0249. The molecule has 21 heavy (non-hydrogen) atoms.